The van der Waals surface area contributed by atoms with E-state index in [1.807, 2.05) is 41.8 Å². The lowest BCUT2D eigenvalue weighted by molar-refractivity contribution is -0.121. The smallest absolute Gasteiger partial charge is 0.267 e. The first-order chi connectivity index (χ1) is 12.8. The Morgan fingerprint density at radius 1 is 1.19 bits per heavy atom. The largest absolute Gasteiger partial charge is 0.282 e. The molecule has 1 aromatic carbocycles. The number of hydrogen-bond donors (Lipinski definition) is 0. The zero-order valence-corrected chi connectivity index (χ0v) is 15.3. The van der Waals surface area contributed by atoms with Crippen molar-refractivity contribution in [1.29, 1.82) is 0 Å². The molecular weight excluding hydrogens is 364 g/mol. The fourth-order valence-electron chi connectivity index (χ4n) is 2.62. The average Bonchev–Trinajstić information content (AvgIpc) is 3.27. The molecule has 7 heteroatoms. The molecule has 128 valence electrons. The highest BCUT2D eigenvalue weighted by atomic mass is 32.2. The lowest BCUT2D eigenvalue weighted by Gasteiger charge is -2.11. The number of carbonyl (C=O) groups excluding carboxylic acids is 1. The van der Waals surface area contributed by atoms with Crippen molar-refractivity contribution in [2.24, 2.45) is 4.99 Å². The fourth-order valence-corrected chi connectivity index (χ4v) is 4.16. The topological polar surface area (TPSA) is 58.5 Å². The van der Waals surface area contributed by atoms with Gasteiger partial charge in [0.1, 0.15) is 0 Å². The average molecular weight is 378 g/mol. The van der Waals surface area contributed by atoms with Crippen LogP contribution >= 0.6 is 23.1 Å². The van der Waals surface area contributed by atoms with Gasteiger partial charge in [0.2, 0.25) is 5.13 Å². The number of rotatable bonds is 4. The molecule has 1 amide bonds. The van der Waals surface area contributed by atoms with E-state index in [4.69, 9.17) is 0 Å². The van der Waals surface area contributed by atoms with Gasteiger partial charge in [-0.25, -0.2) is 4.98 Å². The van der Waals surface area contributed by atoms with Gasteiger partial charge in [-0.3, -0.25) is 14.7 Å². The molecule has 26 heavy (non-hydrogen) atoms. The van der Waals surface area contributed by atoms with Crippen LogP contribution in [0.2, 0.25) is 0 Å². The number of amides is 1. The minimum atomic E-state index is -0.0851. The van der Waals surface area contributed by atoms with Gasteiger partial charge in [-0.05, 0) is 23.9 Å². The molecule has 4 rings (SSSR count). The number of fused-ring (bicyclic) bond motifs is 1. The van der Waals surface area contributed by atoms with E-state index in [1.165, 1.54) is 23.1 Å². The minimum Gasteiger partial charge on any atom is -0.282 e. The van der Waals surface area contributed by atoms with E-state index in [-0.39, 0.29) is 5.91 Å². The number of carbonyl (C=O) groups is 1. The van der Waals surface area contributed by atoms with Crippen molar-refractivity contribution in [2.45, 2.75) is 0 Å². The lowest BCUT2D eigenvalue weighted by Crippen LogP contribution is -2.29. The first-order valence-electron chi connectivity index (χ1n) is 7.90. The van der Waals surface area contributed by atoms with Gasteiger partial charge in [-0.2, -0.15) is 4.99 Å². The van der Waals surface area contributed by atoms with Crippen LogP contribution in [-0.2, 0) is 4.79 Å². The minimum absolute atomic E-state index is 0.0851. The SMILES string of the molecule is C=CCN1C(=O)/C(=C/c2cccc3cccnc23)SC1=Nc1nccs1. The molecule has 3 aromatic rings. The summed E-state index contributed by atoms with van der Waals surface area (Å²) in [6.07, 6.45) is 7.02. The molecule has 5 nitrogen and oxygen atoms in total. The van der Waals surface area contributed by atoms with Crippen molar-refractivity contribution in [3.8, 4) is 0 Å². The van der Waals surface area contributed by atoms with E-state index in [1.54, 1.807) is 23.4 Å². The van der Waals surface area contributed by atoms with E-state index in [0.29, 0.717) is 21.7 Å². The normalized spacial score (nSPS) is 17.5. The molecule has 0 saturated carbocycles. The summed E-state index contributed by atoms with van der Waals surface area (Å²) in [5, 5.41) is 4.14. The Morgan fingerprint density at radius 2 is 2.08 bits per heavy atom. The second-order valence-electron chi connectivity index (χ2n) is 5.45. The number of benzene rings is 1. The van der Waals surface area contributed by atoms with Crippen LogP contribution in [0.4, 0.5) is 5.13 Å². The third kappa shape index (κ3) is 3.18. The molecule has 0 aliphatic carbocycles. The molecule has 0 atom stereocenters. The maximum absolute atomic E-state index is 12.8. The maximum atomic E-state index is 12.8. The highest BCUT2D eigenvalue weighted by Crippen LogP contribution is 2.35. The van der Waals surface area contributed by atoms with Crippen molar-refractivity contribution in [3.05, 3.63) is 71.2 Å². The summed E-state index contributed by atoms with van der Waals surface area (Å²) >= 11 is 2.78. The summed E-state index contributed by atoms with van der Waals surface area (Å²) in [6, 6.07) is 9.84. The lowest BCUT2D eigenvalue weighted by atomic mass is 10.1. The molecule has 2 aromatic heterocycles. The van der Waals surface area contributed by atoms with Crippen molar-refractivity contribution < 1.29 is 4.79 Å². The molecule has 1 aliphatic rings. The molecule has 0 radical (unpaired) electrons. The molecule has 0 bridgehead atoms. The van der Waals surface area contributed by atoms with Gasteiger partial charge in [-0.15, -0.1) is 17.9 Å². The second kappa shape index (κ2) is 7.23. The summed E-state index contributed by atoms with van der Waals surface area (Å²) in [5.41, 5.74) is 1.78. The second-order valence-corrected chi connectivity index (χ2v) is 7.33. The molecule has 1 saturated heterocycles. The summed E-state index contributed by atoms with van der Waals surface area (Å²) in [4.78, 5) is 28.2. The van der Waals surface area contributed by atoms with Gasteiger partial charge in [0.05, 0.1) is 10.4 Å². The van der Waals surface area contributed by atoms with Crippen LogP contribution in [0.5, 0.6) is 0 Å². The summed E-state index contributed by atoms with van der Waals surface area (Å²) in [7, 11) is 0. The standard InChI is InChI=1S/C19H14N4OS2/c1-2-10-23-17(24)15(26-19(23)22-18-21-9-11-25-18)12-14-6-3-5-13-7-4-8-20-16(13)14/h2-9,11-12H,1,10H2/b15-12-,22-19?. The van der Waals surface area contributed by atoms with Gasteiger partial charge < -0.3 is 0 Å². The number of aromatic nitrogens is 2. The van der Waals surface area contributed by atoms with Gasteiger partial charge in [0.15, 0.2) is 5.17 Å². The predicted molar refractivity (Wildman–Crippen MR) is 108 cm³/mol. The van der Waals surface area contributed by atoms with Gasteiger partial charge >= 0.3 is 0 Å². The Balaban J connectivity index is 1.75. The first-order valence-corrected chi connectivity index (χ1v) is 9.60. The number of thioether (sulfide) groups is 1. The van der Waals surface area contributed by atoms with Gasteiger partial charge in [0, 0.05) is 35.3 Å². The molecule has 3 heterocycles. The van der Waals surface area contributed by atoms with Crippen molar-refractivity contribution in [1.82, 2.24) is 14.9 Å². The van der Waals surface area contributed by atoms with Crippen molar-refractivity contribution in [2.75, 3.05) is 6.54 Å². The van der Waals surface area contributed by atoms with Crippen molar-refractivity contribution >= 4 is 56.3 Å². The van der Waals surface area contributed by atoms with E-state index in [9.17, 15) is 4.79 Å². The zero-order chi connectivity index (χ0) is 17.9. The van der Waals surface area contributed by atoms with Gasteiger partial charge in [0.25, 0.3) is 5.91 Å². The van der Waals surface area contributed by atoms with Crippen LogP contribution < -0.4 is 0 Å². The van der Waals surface area contributed by atoms with E-state index in [2.05, 4.69) is 21.5 Å². The number of pyridine rings is 1. The summed E-state index contributed by atoms with van der Waals surface area (Å²) in [5.74, 6) is -0.0851. The number of hydrogen-bond acceptors (Lipinski definition) is 6. The Hall–Kier alpha value is -2.77. The molecule has 1 aliphatic heterocycles. The first kappa shape index (κ1) is 16.7. The Labute approximate surface area is 158 Å². The zero-order valence-electron chi connectivity index (χ0n) is 13.7. The number of thiazole rings is 1. The number of amidine groups is 1. The molecule has 0 unspecified atom stereocenters. The van der Waals surface area contributed by atoms with Crippen LogP contribution in [0, 0.1) is 0 Å². The predicted octanol–water partition coefficient (Wildman–Crippen LogP) is 4.48. The van der Waals surface area contributed by atoms with Crippen LogP contribution in [0.3, 0.4) is 0 Å². The fraction of sp³-hybridized carbons (Fsp3) is 0.0526. The molecule has 0 spiro atoms. The highest BCUT2D eigenvalue weighted by Gasteiger charge is 2.33. The van der Waals surface area contributed by atoms with Crippen LogP contribution in [0.1, 0.15) is 5.56 Å². The monoisotopic (exact) mass is 378 g/mol. The van der Waals surface area contributed by atoms with Crippen LogP contribution in [0.25, 0.3) is 17.0 Å². The van der Waals surface area contributed by atoms with Crippen molar-refractivity contribution in [3.63, 3.8) is 0 Å². The van der Waals surface area contributed by atoms with E-state index < -0.39 is 0 Å². The Morgan fingerprint density at radius 3 is 2.88 bits per heavy atom. The summed E-state index contributed by atoms with van der Waals surface area (Å²) < 4.78 is 0. The highest BCUT2D eigenvalue weighted by molar-refractivity contribution is 8.18. The van der Waals surface area contributed by atoms with Crippen LogP contribution in [-0.4, -0.2) is 32.5 Å². The molecular formula is C19H14N4OS2. The van der Waals surface area contributed by atoms with Gasteiger partial charge in [-0.1, -0.05) is 30.3 Å². The maximum Gasteiger partial charge on any atom is 0.267 e. The number of para-hydroxylation sites is 1. The number of aliphatic imine (C=N–C) groups is 1. The molecule has 0 N–H and O–H groups in total. The summed E-state index contributed by atoms with van der Waals surface area (Å²) in [6.45, 7) is 4.14. The van der Waals surface area contributed by atoms with E-state index in [0.717, 1.165) is 16.5 Å². The van der Waals surface area contributed by atoms with E-state index >= 15 is 0 Å². The quantitative estimate of drug-likeness (QED) is 0.496. The third-order valence-electron chi connectivity index (χ3n) is 3.76. The Bertz CT molecular complexity index is 1040. The molecule has 1 fully saturated rings. The Kier molecular flexibility index (Phi) is 4.64. The third-order valence-corrected chi connectivity index (χ3v) is 5.43. The number of nitrogens with zero attached hydrogens (tertiary/aromatic N) is 4. The van der Waals surface area contributed by atoms with Crippen LogP contribution in [0.15, 0.2) is 70.7 Å².